The van der Waals surface area contributed by atoms with Gasteiger partial charge in [0.1, 0.15) is 0 Å². The van der Waals surface area contributed by atoms with Gasteiger partial charge in [-0.2, -0.15) is 13.2 Å². The normalized spacial score (nSPS) is 40.0. The maximum Gasteiger partial charge on any atom is 0.419 e. The lowest BCUT2D eigenvalue weighted by Crippen LogP contribution is -2.52. The van der Waals surface area contributed by atoms with Gasteiger partial charge < -0.3 is 0 Å². The fourth-order valence-corrected chi connectivity index (χ4v) is 9.24. The third-order valence-corrected chi connectivity index (χ3v) is 10.9. The molecule has 4 aliphatic carbocycles. The lowest BCUT2D eigenvalue weighted by atomic mass is 9.46. The Morgan fingerprint density at radius 3 is 2.27 bits per heavy atom. The first-order valence-electron chi connectivity index (χ1n) is 13.7. The summed E-state index contributed by atoms with van der Waals surface area (Å²) in [6.45, 7) is 11.7. The molecule has 0 N–H and O–H groups in total. The summed E-state index contributed by atoms with van der Waals surface area (Å²) in [7, 11) is 0. The fourth-order valence-electron chi connectivity index (χ4n) is 9.24. The Kier molecular flexibility index (Phi) is 6.91. The summed E-state index contributed by atoms with van der Waals surface area (Å²) in [6, 6.07) is 0. The molecule has 0 aliphatic heterocycles. The molecular weight excluding hydrogens is 421 g/mol. The molecule has 4 rings (SSSR count). The Labute approximate surface area is 199 Å². The average Bonchev–Trinajstić information content (AvgIpc) is 3.07. The molecule has 4 aliphatic rings. The van der Waals surface area contributed by atoms with Gasteiger partial charge >= 0.3 is 6.18 Å². The van der Waals surface area contributed by atoms with Crippen molar-refractivity contribution in [2.75, 3.05) is 0 Å². The van der Waals surface area contributed by atoms with E-state index in [1.807, 2.05) is 0 Å². The highest BCUT2D eigenvalue weighted by molar-refractivity contribution is 5.98. The van der Waals surface area contributed by atoms with Crippen LogP contribution in [-0.2, 0) is 4.79 Å². The molecule has 0 heterocycles. The molecule has 0 aromatic heterocycles. The van der Waals surface area contributed by atoms with Gasteiger partial charge in [0, 0.05) is 6.42 Å². The van der Waals surface area contributed by atoms with Gasteiger partial charge in [0.25, 0.3) is 0 Å². The number of hydrogen-bond donors (Lipinski definition) is 0. The Morgan fingerprint density at radius 2 is 1.61 bits per heavy atom. The minimum absolute atomic E-state index is 0.0655. The van der Waals surface area contributed by atoms with Gasteiger partial charge in [-0.1, -0.05) is 60.3 Å². The molecule has 7 atom stereocenters. The van der Waals surface area contributed by atoms with Crippen LogP contribution in [0.2, 0.25) is 0 Å². The minimum Gasteiger partial charge on any atom is -0.294 e. The van der Waals surface area contributed by atoms with Gasteiger partial charge in [-0.05, 0) is 96.9 Å². The Hall–Kier alpha value is -0.800. The number of halogens is 3. The van der Waals surface area contributed by atoms with Gasteiger partial charge in [-0.15, -0.1) is 0 Å². The zero-order valence-corrected chi connectivity index (χ0v) is 21.5. The van der Waals surface area contributed by atoms with Crippen LogP contribution in [0.1, 0.15) is 112 Å². The first-order chi connectivity index (χ1) is 15.4. The zero-order valence-electron chi connectivity index (χ0n) is 21.5. The van der Waals surface area contributed by atoms with Crippen LogP contribution in [0.25, 0.3) is 0 Å². The second-order valence-electron chi connectivity index (χ2n) is 13.0. The van der Waals surface area contributed by atoms with E-state index >= 15 is 0 Å². The first-order valence-corrected chi connectivity index (χ1v) is 13.7. The quantitative estimate of drug-likeness (QED) is 0.357. The van der Waals surface area contributed by atoms with Crippen LogP contribution in [0.15, 0.2) is 11.1 Å². The summed E-state index contributed by atoms with van der Waals surface area (Å²) >= 11 is 0. The summed E-state index contributed by atoms with van der Waals surface area (Å²) in [5.41, 5.74) is -0.413. The molecule has 0 spiro atoms. The number of rotatable bonds is 6. The first kappa shape index (κ1) is 25.3. The van der Waals surface area contributed by atoms with Crippen molar-refractivity contribution in [3.05, 3.63) is 11.1 Å². The molecule has 0 saturated heterocycles. The van der Waals surface area contributed by atoms with E-state index in [1.165, 1.54) is 38.5 Å². The number of allylic oxidation sites excluding steroid dienone is 1. The standard InChI is InChI=1S/C29H45F3O/c1-18(2)8-6-7-9-19(3)21-12-13-22-20-10-11-24-26(29(30,31)32)25(33)15-17-28(24,5)23(20)14-16-27(21,22)4/h18-23H,6-17H2,1-5H3. The van der Waals surface area contributed by atoms with Crippen LogP contribution in [0.5, 0.6) is 0 Å². The van der Waals surface area contributed by atoms with Gasteiger partial charge in [0.15, 0.2) is 5.78 Å². The van der Waals surface area contributed by atoms with Crippen molar-refractivity contribution >= 4 is 5.78 Å². The van der Waals surface area contributed by atoms with Crippen molar-refractivity contribution in [2.24, 2.45) is 46.3 Å². The lowest BCUT2D eigenvalue weighted by Gasteiger charge is -2.59. The van der Waals surface area contributed by atoms with E-state index < -0.39 is 22.9 Å². The SMILES string of the molecule is CC(C)CCCCC(C)C1CCC2C3CCC4=C(C(F)(F)F)C(=O)CCC4(C)C3CCC12C. The molecule has 4 heteroatoms. The molecule has 0 amide bonds. The highest BCUT2D eigenvalue weighted by Crippen LogP contribution is 2.68. The Bertz CT molecular complexity index is 780. The molecular formula is C29H45F3O. The van der Waals surface area contributed by atoms with Crippen LogP contribution in [0.4, 0.5) is 13.2 Å². The predicted octanol–water partition coefficient (Wildman–Crippen LogP) is 8.92. The van der Waals surface area contributed by atoms with Crippen LogP contribution < -0.4 is 0 Å². The van der Waals surface area contributed by atoms with E-state index in [4.69, 9.17) is 0 Å². The van der Waals surface area contributed by atoms with Crippen LogP contribution in [-0.4, -0.2) is 12.0 Å². The second kappa shape index (κ2) is 9.01. The number of alkyl halides is 3. The van der Waals surface area contributed by atoms with Gasteiger partial charge in [-0.25, -0.2) is 0 Å². The predicted molar refractivity (Wildman–Crippen MR) is 128 cm³/mol. The monoisotopic (exact) mass is 466 g/mol. The maximum absolute atomic E-state index is 13.9. The fraction of sp³-hybridized carbons (Fsp3) is 0.897. The summed E-state index contributed by atoms with van der Waals surface area (Å²) < 4.78 is 41.6. The minimum atomic E-state index is -4.51. The van der Waals surface area contributed by atoms with E-state index in [-0.39, 0.29) is 6.42 Å². The summed E-state index contributed by atoms with van der Waals surface area (Å²) in [6.07, 6.45) is 7.50. The highest BCUT2D eigenvalue weighted by atomic mass is 19.4. The number of ketones is 1. The van der Waals surface area contributed by atoms with Crippen LogP contribution in [0, 0.1) is 46.3 Å². The van der Waals surface area contributed by atoms with Crippen molar-refractivity contribution in [1.29, 1.82) is 0 Å². The summed E-state index contributed by atoms with van der Waals surface area (Å²) in [4.78, 5) is 12.3. The molecule has 7 unspecified atom stereocenters. The Balaban J connectivity index is 1.52. The molecule has 3 fully saturated rings. The van der Waals surface area contributed by atoms with E-state index in [0.717, 1.165) is 37.0 Å². The van der Waals surface area contributed by atoms with Crippen LogP contribution >= 0.6 is 0 Å². The summed E-state index contributed by atoms with van der Waals surface area (Å²) in [5, 5.41) is 0. The maximum atomic E-state index is 13.9. The number of carbonyl (C=O) groups is 1. The van der Waals surface area contributed by atoms with Crippen molar-refractivity contribution in [1.82, 2.24) is 0 Å². The van der Waals surface area contributed by atoms with Crippen molar-refractivity contribution < 1.29 is 18.0 Å². The van der Waals surface area contributed by atoms with Crippen molar-refractivity contribution in [3.63, 3.8) is 0 Å². The average molecular weight is 467 g/mol. The molecule has 3 saturated carbocycles. The van der Waals surface area contributed by atoms with E-state index in [9.17, 15) is 18.0 Å². The van der Waals surface area contributed by atoms with E-state index in [0.29, 0.717) is 41.6 Å². The smallest absolute Gasteiger partial charge is 0.294 e. The van der Waals surface area contributed by atoms with Crippen molar-refractivity contribution in [2.45, 2.75) is 118 Å². The number of carbonyl (C=O) groups excluding carboxylic acids is 1. The number of unbranched alkanes of at least 4 members (excludes halogenated alkanes) is 1. The second-order valence-corrected chi connectivity index (χ2v) is 13.0. The largest absolute Gasteiger partial charge is 0.419 e. The molecule has 33 heavy (non-hydrogen) atoms. The summed E-state index contributed by atoms with van der Waals surface area (Å²) in [5.74, 6) is 3.09. The van der Waals surface area contributed by atoms with Gasteiger partial charge in [0.2, 0.25) is 0 Å². The molecule has 0 aromatic rings. The number of hydrogen-bond acceptors (Lipinski definition) is 1. The Morgan fingerprint density at radius 1 is 0.909 bits per heavy atom. The third kappa shape index (κ3) is 4.35. The molecule has 188 valence electrons. The van der Waals surface area contributed by atoms with Gasteiger partial charge in [0.05, 0.1) is 5.57 Å². The number of fused-ring (bicyclic) bond motifs is 5. The zero-order chi connectivity index (χ0) is 24.2. The van der Waals surface area contributed by atoms with Crippen LogP contribution in [0.3, 0.4) is 0 Å². The van der Waals surface area contributed by atoms with Gasteiger partial charge in [-0.3, -0.25) is 4.79 Å². The lowest BCUT2D eigenvalue weighted by molar-refractivity contribution is -0.135. The molecule has 0 aromatic carbocycles. The topological polar surface area (TPSA) is 17.1 Å². The number of Topliss-reactive ketones (excluding diaryl/α,β-unsaturated/α-hetero) is 1. The molecule has 0 bridgehead atoms. The third-order valence-electron chi connectivity index (χ3n) is 10.9. The van der Waals surface area contributed by atoms with E-state index in [1.54, 1.807) is 0 Å². The van der Waals surface area contributed by atoms with Crippen molar-refractivity contribution in [3.8, 4) is 0 Å². The van der Waals surface area contributed by atoms with E-state index in [2.05, 4.69) is 34.6 Å². The molecule has 0 radical (unpaired) electrons. The molecule has 1 nitrogen and oxygen atoms in total. The highest BCUT2D eigenvalue weighted by Gasteiger charge is 2.61.